The predicted molar refractivity (Wildman–Crippen MR) is 81.0 cm³/mol. The van der Waals surface area contributed by atoms with E-state index in [0.717, 1.165) is 16.8 Å². The number of hydrogen-bond donors (Lipinski definition) is 1. The molecule has 0 bridgehead atoms. The average molecular weight is 305 g/mol. The first kappa shape index (κ1) is 14.0. The van der Waals surface area contributed by atoms with Gasteiger partial charge in [-0.2, -0.15) is 0 Å². The summed E-state index contributed by atoms with van der Waals surface area (Å²) in [4.78, 5) is 13.3. The summed E-state index contributed by atoms with van der Waals surface area (Å²) in [6, 6.07) is 9.67. The Morgan fingerprint density at radius 1 is 1.33 bits per heavy atom. The molecule has 21 heavy (non-hydrogen) atoms. The smallest absolute Gasteiger partial charge is 0.231 e. The number of halogens is 2. The molecule has 3 nitrogen and oxygen atoms in total. The summed E-state index contributed by atoms with van der Waals surface area (Å²) >= 11 is 5.98. The number of hydrogen-bond acceptors (Lipinski definition) is 2. The van der Waals surface area contributed by atoms with Gasteiger partial charge in [0.2, 0.25) is 5.91 Å². The standard InChI is InChI=1S/C16H14ClFN2O/c1-20-13-6-5-9(7-10(13)8-14(20)21)16(19)11-3-2-4-12(18)15(11)17/h2-7,16H,8,19H2,1H3. The number of nitrogens with two attached hydrogens (primary N) is 1. The lowest BCUT2D eigenvalue weighted by molar-refractivity contribution is -0.117. The van der Waals surface area contributed by atoms with Crippen molar-refractivity contribution in [3.8, 4) is 0 Å². The molecule has 0 saturated heterocycles. The van der Waals surface area contributed by atoms with Crippen molar-refractivity contribution in [3.63, 3.8) is 0 Å². The first-order valence-corrected chi connectivity index (χ1v) is 6.95. The van der Waals surface area contributed by atoms with Crippen molar-refractivity contribution in [1.29, 1.82) is 0 Å². The van der Waals surface area contributed by atoms with Crippen LogP contribution in [0, 0.1) is 5.82 Å². The summed E-state index contributed by atoms with van der Waals surface area (Å²) in [6.07, 6.45) is 0.364. The largest absolute Gasteiger partial charge is 0.320 e. The van der Waals surface area contributed by atoms with Gasteiger partial charge in [-0.25, -0.2) is 4.39 Å². The van der Waals surface area contributed by atoms with E-state index in [4.69, 9.17) is 17.3 Å². The molecular weight excluding hydrogens is 291 g/mol. The summed E-state index contributed by atoms with van der Waals surface area (Å²) in [5.41, 5.74) is 9.37. The van der Waals surface area contributed by atoms with Crippen LogP contribution in [0.15, 0.2) is 36.4 Å². The second kappa shape index (κ2) is 5.13. The van der Waals surface area contributed by atoms with Crippen LogP contribution in [0.25, 0.3) is 0 Å². The molecule has 0 fully saturated rings. The highest BCUT2D eigenvalue weighted by Crippen LogP contribution is 2.33. The Bertz CT molecular complexity index is 732. The second-order valence-electron chi connectivity index (χ2n) is 5.14. The lowest BCUT2D eigenvalue weighted by atomic mass is 9.97. The highest BCUT2D eigenvalue weighted by atomic mass is 35.5. The Hall–Kier alpha value is -1.91. The molecule has 0 radical (unpaired) electrons. The number of likely N-dealkylation sites (N-methyl/N-ethyl adjacent to an activating group) is 1. The highest BCUT2D eigenvalue weighted by molar-refractivity contribution is 6.31. The van der Waals surface area contributed by atoms with Crippen LogP contribution in [0.4, 0.5) is 10.1 Å². The maximum atomic E-state index is 13.5. The van der Waals surface area contributed by atoms with E-state index in [1.54, 1.807) is 24.1 Å². The van der Waals surface area contributed by atoms with Gasteiger partial charge in [0.05, 0.1) is 17.5 Å². The third-order valence-corrected chi connectivity index (χ3v) is 4.26. The Kier molecular flexibility index (Phi) is 3.43. The number of carbonyl (C=O) groups is 1. The van der Waals surface area contributed by atoms with Crippen molar-refractivity contribution in [1.82, 2.24) is 0 Å². The lowest BCUT2D eigenvalue weighted by Crippen LogP contribution is -2.20. The maximum absolute atomic E-state index is 13.5. The fraction of sp³-hybridized carbons (Fsp3) is 0.188. The van der Waals surface area contributed by atoms with Crippen molar-refractivity contribution in [3.05, 3.63) is 63.9 Å². The van der Waals surface area contributed by atoms with Crippen molar-refractivity contribution in [2.45, 2.75) is 12.5 Å². The minimum absolute atomic E-state index is 0.0405. The molecule has 1 heterocycles. The molecule has 0 spiro atoms. The van der Waals surface area contributed by atoms with Crippen molar-refractivity contribution >= 4 is 23.2 Å². The first-order chi connectivity index (χ1) is 9.99. The normalized spacial score (nSPS) is 15.2. The average Bonchev–Trinajstić information content (AvgIpc) is 2.76. The van der Waals surface area contributed by atoms with Gasteiger partial charge >= 0.3 is 0 Å². The van der Waals surface area contributed by atoms with Crippen LogP contribution in [0.1, 0.15) is 22.7 Å². The number of benzene rings is 2. The Balaban J connectivity index is 2.00. The molecule has 1 amide bonds. The van der Waals surface area contributed by atoms with Gasteiger partial charge < -0.3 is 10.6 Å². The van der Waals surface area contributed by atoms with E-state index in [1.165, 1.54) is 6.07 Å². The Morgan fingerprint density at radius 2 is 2.10 bits per heavy atom. The Morgan fingerprint density at radius 3 is 2.86 bits per heavy atom. The summed E-state index contributed by atoms with van der Waals surface area (Å²) in [5, 5.41) is 0.0405. The third-order valence-electron chi connectivity index (χ3n) is 3.86. The van der Waals surface area contributed by atoms with Gasteiger partial charge in [0.25, 0.3) is 0 Å². The third kappa shape index (κ3) is 2.30. The number of anilines is 1. The van der Waals surface area contributed by atoms with Gasteiger partial charge in [-0.1, -0.05) is 35.9 Å². The number of rotatable bonds is 2. The minimum Gasteiger partial charge on any atom is -0.320 e. The van der Waals surface area contributed by atoms with E-state index >= 15 is 0 Å². The molecule has 1 unspecified atom stereocenters. The van der Waals surface area contributed by atoms with Gasteiger partial charge in [0, 0.05) is 12.7 Å². The first-order valence-electron chi connectivity index (χ1n) is 6.58. The molecule has 1 aliphatic rings. The van der Waals surface area contributed by atoms with Crippen LogP contribution < -0.4 is 10.6 Å². The van der Waals surface area contributed by atoms with Crippen LogP contribution in [-0.4, -0.2) is 13.0 Å². The number of amides is 1. The van der Waals surface area contributed by atoms with Gasteiger partial charge in [-0.05, 0) is 28.8 Å². The van der Waals surface area contributed by atoms with Crippen LogP contribution in [0.3, 0.4) is 0 Å². The molecule has 0 aromatic heterocycles. The fourth-order valence-electron chi connectivity index (χ4n) is 2.62. The highest BCUT2D eigenvalue weighted by Gasteiger charge is 2.25. The van der Waals surface area contributed by atoms with E-state index in [2.05, 4.69) is 0 Å². The van der Waals surface area contributed by atoms with E-state index in [9.17, 15) is 9.18 Å². The van der Waals surface area contributed by atoms with Crippen molar-refractivity contribution in [2.24, 2.45) is 5.73 Å². The van der Waals surface area contributed by atoms with E-state index in [-0.39, 0.29) is 10.9 Å². The maximum Gasteiger partial charge on any atom is 0.231 e. The molecule has 2 aromatic rings. The topological polar surface area (TPSA) is 46.3 Å². The quantitative estimate of drug-likeness (QED) is 0.927. The molecule has 1 aliphatic heterocycles. The van der Waals surface area contributed by atoms with Crippen LogP contribution in [0.5, 0.6) is 0 Å². The zero-order valence-electron chi connectivity index (χ0n) is 11.4. The summed E-state index contributed by atoms with van der Waals surface area (Å²) < 4.78 is 13.5. The molecule has 2 aromatic carbocycles. The van der Waals surface area contributed by atoms with Crippen LogP contribution in [0.2, 0.25) is 5.02 Å². The molecule has 3 rings (SSSR count). The second-order valence-corrected chi connectivity index (χ2v) is 5.52. The van der Waals surface area contributed by atoms with Crippen molar-refractivity contribution < 1.29 is 9.18 Å². The molecule has 1 atom stereocenters. The molecule has 0 saturated carbocycles. The summed E-state index contributed by atoms with van der Waals surface area (Å²) in [6.45, 7) is 0. The van der Waals surface area contributed by atoms with E-state index in [0.29, 0.717) is 12.0 Å². The summed E-state index contributed by atoms with van der Waals surface area (Å²) in [7, 11) is 1.75. The predicted octanol–water partition coefficient (Wildman–Crippen LogP) is 3.05. The zero-order chi connectivity index (χ0) is 15.1. The lowest BCUT2D eigenvalue weighted by Gasteiger charge is -2.16. The molecule has 2 N–H and O–H groups in total. The minimum atomic E-state index is -0.528. The molecule has 108 valence electrons. The number of carbonyl (C=O) groups excluding carboxylic acids is 1. The van der Waals surface area contributed by atoms with Gasteiger partial charge in [-0.3, -0.25) is 4.79 Å². The van der Waals surface area contributed by atoms with E-state index < -0.39 is 11.9 Å². The summed E-state index contributed by atoms with van der Waals surface area (Å²) in [5.74, 6) is -0.430. The number of fused-ring (bicyclic) bond motifs is 1. The molecule has 5 heteroatoms. The molecular formula is C16H14ClFN2O. The van der Waals surface area contributed by atoms with Gasteiger partial charge in [0.1, 0.15) is 5.82 Å². The fourth-order valence-corrected chi connectivity index (χ4v) is 2.87. The van der Waals surface area contributed by atoms with Crippen LogP contribution in [-0.2, 0) is 11.2 Å². The zero-order valence-corrected chi connectivity index (χ0v) is 12.2. The van der Waals surface area contributed by atoms with E-state index in [1.807, 2.05) is 18.2 Å². The van der Waals surface area contributed by atoms with Gasteiger partial charge in [-0.15, -0.1) is 0 Å². The monoisotopic (exact) mass is 304 g/mol. The van der Waals surface area contributed by atoms with Gasteiger partial charge in [0.15, 0.2) is 0 Å². The van der Waals surface area contributed by atoms with Crippen molar-refractivity contribution in [2.75, 3.05) is 11.9 Å². The Labute approximate surface area is 127 Å². The SMILES string of the molecule is CN1C(=O)Cc2cc(C(N)c3cccc(F)c3Cl)ccc21. The number of nitrogens with zero attached hydrogens (tertiary/aromatic N) is 1. The van der Waals surface area contributed by atoms with Crippen LogP contribution >= 0.6 is 11.6 Å². The molecule has 0 aliphatic carbocycles.